The highest BCUT2D eigenvalue weighted by Gasteiger charge is 2.12. The van der Waals surface area contributed by atoms with E-state index in [2.05, 4.69) is 4.99 Å². The standard InChI is InChI=1S/C19H19ClN2O2S/c1-3-24-12-11-22-17-13(2)15(20)9-10-16(17)25-19(22)21-18(23)14-7-5-4-6-8-14/h4-10H,3,11-12H2,1-2H3. The molecule has 0 spiro atoms. The van der Waals surface area contributed by atoms with Crippen molar-refractivity contribution >= 4 is 39.1 Å². The number of ether oxygens (including phenoxy) is 1. The second kappa shape index (κ2) is 7.95. The zero-order chi connectivity index (χ0) is 17.8. The Balaban J connectivity index is 2.13. The zero-order valence-electron chi connectivity index (χ0n) is 14.2. The summed E-state index contributed by atoms with van der Waals surface area (Å²) in [5.41, 5.74) is 2.57. The van der Waals surface area contributed by atoms with Crippen molar-refractivity contribution in [3.8, 4) is 0 Å². The summed E-state index contributed by atoms with van der Waals surface area (Å²) in [6.07, 6.45) is 0. The number of thiazole rings is 1. The Hall–Kier alpha value is -1.95. The fraction of sp³-hybridized carbons (Fsp3) is 0.263. The predicted molar refractivity (Wildman–Crippen MR) is 102 cm³/mol. The molecule has 0 N–H and O–H groups in total. The number of aromatic nitrogens is 1. The van der Waals surface area contributed by atoms with Crippen LogP contribution < -0.4 is 4.80 Å². The summed E-state index contributed by atoms with van der Waals surface area (Å²) in [6.45, 7) is 5.77. The molecule has 25 heavy (non-hydrogen) atoms. The summed E-state index contributed by atoms with van der Waals surface area (Å²) in [4.78, 5) is 17.5. The number of fused-ring (bicyclic) bond motifs is 1. The number of hydrogen-bond acceptors (Lipinski definition) is 3. The smallest absolute Gasteiger partial charge is 0.279 e. The Morgan fingerprint density at radius 1 is 1.24 bits per heavy atom. The molecule has 0 atom stereocenters. The molecule has 0 fully saturated rings. The fourth-order valence-corrected chi connectivity index (χ4v) is 3.91. The van der Waals surface area contributed by atoms with Gasteiger partial charge in [0.05, 0.1) is 16.8 Å². The summed E-state index contributed by atoms with van der Waals surface area (Å²) in [5.74, 6) is -0.249. The van der Waals surface area contributed by atoms with E-state index in [0.717, 1.165) is 15.8 Å². The van der Waals surface area contributed by atoms with Gasteiger partial charge in [-0.2, -0.15) is 4.99 Å². The van der Waals surface area contributed by atoms with Crippen LogP contribution in [-0.4, -0.2) is 23.7 Å². The van der Waals surface area contributed by atoms with Crippen LogP contribution in [0.5, 0.6) is 0 Å². The first-order chi connectivity index (χ1) is 12.1. The predicted octanol–water partition coefficient (Wildman–Crippen LogP) is 4.44. The lowest BCUT2D eigenvalue weighted by Gasteiger charge is -2.08. The fourth-order valence-electron chi connectivity index (χ4n) is 2.64. The Kier molecular flexibility index (Phi) is 5.68. The number of hydrogen-bond donors (Lipinski definition) is 0. The average molecular weight is 375 g/mol. The Labute approximate surface area is 155 Å². The Morgan fingerprint density at radius 2 is 2.00 bits per heavy atom. The van der Waals surface area contributed by atoms with E-state index in [1.165, 1.54) is 11.3 Å². The number of benzene rings is 2. The second-order valence-corrected chi connectivity index (χ2v) is 6.95. The lowest BCUT2D eigenvalue weighted by molar-refractivity contribution is 0.0996. The van der Waals surface area contributed by atoms with Crippen molar-refractivity contribution in [1.82, 2.24) is 4.57 Å². The van der Waals surface area contributed by atoms with Gasteiger partial charge in [-0.1, -0.05) is 41.1 Å². The molecule has 4 nitrogen and oxygen atoms in total. The van der Waals surface area contributed by atoms with Crippen LogP contribution >= 0.6 is 22.9 Å². The maximum Gasteiger partial charge on any atom is 0.279 e. The van der Waals surface area contributed by atoms with Gasteiger partial charge in [-0.05, 0) is 43.7 Å². The van der Waals surface area contributed by atoms with Gasteiger partial charge in [0.15, 0.2) is 4.80 Å². The SMILES string of the molecule is CCOCCn1c(=NC(=O)c2ccccc2)sc2ccc(Cl)c(C)c21. The van der Waals surface area contributed by atoms with Crippen LogP contribution in [0.4, 0.5) is 0 Å². The van der Waals surface area contributed by atoms with E-state index in [-0.39, 0.29) is 5.91 Å². The first-order valence-corrected chi connectivity index (χ1v) is 9.31. The summed E-state index contributed by atoms with van der Waals surface area (Å²) in [5, 5.41) is 0.705. The molecule has 0 unspecified atom stereocenters. The van der Waals surface area contributed by atoms with Gasteiger partial charge in [0.25, 0.3) is 5.91 Å². The number of carbonyl (C=O) groups excluding carboxylic acids is 1. The van der Waals surface area contributed by atoms with Gasteiger partial charge in [0.1, 0.15) is 0 Å². The molecule has 0 bridgehead atoms. The first-order valence-electron chi connectivity index (χ1n) is 8.12. The number of aryl methyl sites for hydroxylation is 1. The van der Waals surface area contributed by atoms with Crippen molar-refractivity contribution in [2.24, 2.45) is 4.99 Å². The van der Waals surface area contributed by atoms with Gasteiger partial charge in [-0.15, -0.1) is 0 Å². The molecule has 130 valence electrons. The molecule has 3 rings (SSSR count). The van der Waals surface area contributed by atoms with Crippen LogP contribution in [0.25, 0.3) is 10.2 Å². The minimum Gasteiger partial charge on any atom is -0.380 e. The Morgan fingerprint density at radius 3 is 2.72 bits per heavy atom. The van der Waals surface area contributed by atoms with Crippen LogP contribution in [0.15, 0.2) is 47.5 Å². The molecule has 1 amide bonds. The van der Waals surface area contributed by atoms with E-state index >= 15 is 0 Å². The lowest BCUT2D eigenvalue weighted by Crippen LogP contribution is -2.20. The number of amides is 1. The minimum absolute atomic E-state index is 0.249. The highest BCUT2D eigenvalue weighted by molar-refractivity contribution is 7.16. The van der Waals surface area contributed by atoms with Crippen molar-refractivity contribution < 1.29 is 9.53 Å². The van der Waals surface area contributed by atoms with E-state index in [4.69, 9.17) is 16.3 Å². The molecule has 0 aliphatic heterocycles. The molecule has 0 saturated heterocycles. The monoisotopic (exact) mass is 374 g/mol. The van der Waals surface area contributed by atoms with E-state index in [9.17, 15) is 4.79 Å². The van der Waals surface area contributed by atoms with Gasteiger partial charge >= 0.3 is 0 Å². The average Bonchev–Trinajstić information content (AvgIpc) is 2.97. The van der Waals surface area contributed by atoms with Crippen LogP contribution in [0, 0.1) is 6.92 Å². The summed E-state index contributed by atoms with van der Waals surface area (Å²) >= 11 is 7.78. The molecule has 0 aliphatic rings. The second-order valence-electron chi connectivity index (χ2n) is 5.54. The van der Waals surface area contributed by atoms with Crippen molar-refractivity contribution in [2.75, 3.05) is 13.2 Å². The third kappa shape index (κ3) is 3.84. The number of halogens is 1. The molecule has 3 aromatic rings. The zero-order valence-corrected chi connectivity index (χ0v) is 15.7. The number of carbonyl (C=O) groups is 1. The molecule has 2 aromatic carbocycles. The van der Waals surface area contributed by atoms with Crippen LogP contribution in [0.1, 0.15) is 22.8 Å². The number of rotatable bonds is 5. The topological polar surface area (TPSA) is 43.6 Å². The molecular weight excluding hydrogens is 356 g/mol. The summed E-state index contributed by atoms with van der Waals surface area (Å²) in [7, 11) is 0. The highest BCUT2D eigenvalue weighted by Crippen LogP contribution is 2.27. The molecular formula is C19H19ClN2O2S. The van der Waals surface area contributed by atoms with E-state index < -0.39 is 0 Å². The van der Waals surface area contributed by atoms with Crippen molar-refractivity contribution in [2.45, 2.75) is 20.4 Å². The molecule has 1 heterocycles. The van der Waals surface area contributed by atoms with Crippen molar-refractivity contribution in [1.29, 1.82) is 0 Å². The van der Waals surface area contributed by atoms with Crippen LogP contribution in [-0.2, 0) is 11.3 Å². The molecule has 0 saturated carbocycles. The van der Waals surface area contributed by atoms with E-state index in [1.54, 1.807) is 12.1 Å². The normalized spacial score (nSPS) is 12.0. The molecule has 6 heteroatoms. The van der Waals surface area contributed by atoms with Crippen molar-refractivity contribution in [3.05, 3.63) is 63.4 Å². The van der Waals surface area contributed by atoms with Gasteiger partial charge < -0.3 is 9.30 Å². The summed E-state index contributed by atoms with van der Waals surface area (Å²) < 4.78 is 8.57. The third-order valence-electron chi connectivity index (χ3n) is 3.91. The minimum atomic E-state index is -0.249. The van der Waals surface area contributed by atoms with Crippen LogP contribution in [0.3, 0.4) is 0 Å². The molecule has 1 aromatic heterocycles. The van der Waals surface area contributed by atoms with Gasteiger partial charge in [0, 0.05) is 23.7 Å². The molecule has 0 radical (unpaired) electrons. The Bertz CT molecular complexity index is 961. The largest absolute Gasteiger partial charge is 0.380 e. The van der Waals surface area contributed by atoms with E-state index in [1.807, 2.05) is 48.7 Å². The first kappa shape index (κ1) is 17.9. The van der Waals surface area contributed by atoms with Crippen molar-refractivity contribution in [3.63, 3.8) is 0 Å². The highest BCUT2D eigenvalue weighted by atomic mass is 35.5. The summed E-state index contributed by atoms with van der Waals surface area (Å²) in [6, 6.07) is 12.9. The quantitative estimate of drug-likeness (QED) is 0.619. The number of nitrogens with zero attached hydrogens (tertiary/aromatic N) is 2. The van der Waals surface area contributed by atoms with Gasteiger partial charge in [-0.25, -0.2) is 0 Å². The van der Waals surface area contributed by atoms with E-state index in [0.29, 0.717) is 35.1 Å². The van der Waals surface area contributed by atoms with Gasteiger partial charge in [-0.3, -0.25) is 4.79 Å². The maximum atomic E-state index is 12.5. The van der Waals surface area contributed by atoms with Gasteiger partial charge in [0.2, 0.25) is 0 Å². The molecule has 0 aliphatic carbocycles. The third-order valence-corrected chi connectivity index (χ3v) is 5.36. The lowest BCUT2D eigenvalue weighted by atomic mass is 10.2. The van der Waals surface area contributed by atoms with Crippen LogP contribution in [0.2, 0.25) is 5.02 Å². The maximum absolute atomic E-state index is 12.5.